The van der Waals surface area contributed by atoms with Crippen molar-refractivity contribution in [3.8, 4) is 0 Å². The molecule has 1 N–H and O–H groups in total. The van der Waals surface area contributed by atoms with Crippen LogP contribution in [0, 0.1) is 0 Å². The van der Waals surface area contributed by atoms with E-state index in [9.17, 15) is 9.90 Å². The van der Waals surface area contributed by atoms with Gasteiger partial charge in [0.2, 0.25) is 0 Å². The number of fused-ring (bicyclic) bond motifs is 1. The second-order valence-corrected chi connectivity index (χ2v) is 5.38. The summed E-state index contributed by atoms with van der Waals surface area (Å²) in [5.41, 5.74) is 1.56. The SMILES string of the molecule is O=C(O)c1ccc(N2CCCCCC2)c2ccccc12. The second-order valence-electron chi connectivity index (χ2n) is 5.38. The first-order valence-corrected chi connectivity index (χ1v) is 7.27. The van der Waals surface area contributed by atoms with E-state index in [4.69, 9.17) is 0 Å². The van der Waals surface area contributed by atoms with Crippen molar-refractivity contribution in [2.45, 2.75) is 25.7 Å². The molecule has 1 aliphatic heterocycles. The van der Waals surface area contributed by atoms with Crippen LogP contribution in [0.3, 0.4) is 0 Å². The van der Waals surface area contributed by atoms with Gasteiger partial charge in [-0.05, 0) is 30.4 Å². The normalized spacial score (nSPS) is 16.1. The van der Waals surface area contributed by atoms with Gasteiger partial charge >= 0.3 is 5.97 Å². The van der Waals surface area contributed by atoms with Crippen molar-refractivity contribution in [1.82, 2.24) is 0 Å². The van der Waals surface area contributed by atoms with Gasteiger partial charge in [0.25, 0.3) is 0 Å². The van der Waals surface area contributed by atoms with Gasteiger partial charge < -0.3 is 10.0 Å². The number of rotatable bonds is 2. The van der Waals surface area contributed by atoms with E-state index in [-0.39, 0.29) is 0 Å². The van der Waals surface area contributed by atoms with E-state index >= 15 is 0 Å². The molecular weight excluding hydrogens is 250 g/mol. The zero-order chi connectivity index (χ0) is 13.9. The maximum absolute atomic E-state index is 11.3. The summed E-state index contributed by atoms with van der Waals surface area (Å²) in [6.07, 6.45) is 5.02. The molecule has 0 saturated carbocycles. The highest BCUT2D eigenvalue weighted by atomic mass is 16.4. The van der Waals surface area contributed by atoms with Crippen LogP contribution in [0.25, 0.3) is 10.8 Å². The van der Waals surface area contributed by atoms with Gasteiger partial charge in [0.15, 0.2) is 0 Å². The average molecular weight is 269 g/mol. The van der Waals surface area contributed by atoms with Gasteiger partial charge in [0.05, 0.1) is 5.56 Å². The molecule has 20 heavy (non-hydrogen) atoms. The molecule has 0 aliphatic carbocycles. The van der Waals surface area contributed by atoms with E-state index in [2.05, 4.69) is 4.90 Å². The fraction of sp³-hybridized carbons (Fsp3) is 0.353. The fourth-order valence-electron chi connectivity index (χ4n) is 3.06. The maximum Gasteiger partial charge on any atom is 0.336 e. The average Bonchev–Trinajstić information content (AvgIpc) is 2.75. The van der Waals surface area contributed by atoms with Crippen LogP contribution in [0.2, 0.25) is 0 Å². The molecule has 0 spiro atoms. The Bertz CT molecular complexity index is 628. The minimum absolute atomic E-state index is 0.388. The minimum atomic E-state index is -0.858. The Balaban J connectivity index is 2.12. The molecule has 0 aromatic heterocycles. The van der Waals surface area contributed by atoms with Crippen molar-refractivity contribution in [3.63, 3.8) is 0 Å². The van der Waals surface area contributed by atoms with Crippen molar-refractivity contribution < 1.29 is 9.90 Å². The standard InChI is InChI=1S/C17H19NO2/c19-17(20)15-9-10-16(14-8-4-3-7-13(14)15)18-11-5-1-2-6-12-18/h3-4,7-10H,1-2,5-6,11-12H2,(H,19,20). The van der Waals surface area contributed by atoms with Crippen molar-refractivity contribution in [1.29, 1.82) is 0 Å². The molecule has 3 heteroatoms. The van der Waals surface area contributed by atoms with Gasteiger partial charge in [0, 0.05) is 24.2 Å². The van der Waals surface area contributed by atoms with Crippen LogP contribution in [-0.4, -0.2) is 24.2 Å². The van der Waals surface area contributed by atoms with E-state index in [1.165, 1.54) is 31.4 Å². The van der Waals surface area contributed by atoms with E-state index in [1.807, 2.05) is 30.3 Å². The third-order valence-electron chi connectivity index (χ3n) is 4.08. The summed E-state index contributed by atoms with van der Waals surface area (Å²) in [5, 5.41) is 11.2. The first-order valence-electron chi connectivity index (χ1n) is 7.27. The van der Waals surface area contributed by atoms with Gasteiger partial charge in [-0.3, -0.25) is 0 Å². The Labute approximate surface area is 118 Å². The van der Waals surface area contributed by atoms with E-state index in [0.717, 1.165) is 23.9 Å². The molecule has 0 amide bonds. The lowest BCUT2D eigenvalue weighted by atomic mass is 10.0. The molecule has 0 unspecified atom stereocenters. The fourth-order valence-corrected chi connectivity index (χ4v) is 3.06. The second kappa shape index (κ2) is 5.53. The predicted molar refractivity (Wildman–Crippen MR) is 81.6 cm³/mol. The monoisotopic (exact) mass is 269 g/mol. The molecule has 0 radical (unpaired) electrons. The van der Waals surface area contributed by atoms with Gasteiger partial charge in [-0.1, -0.05) is 37.1 Å². The highest BCUT2D eigenvalue weighted by Crippen LogP contribution is 2.31. The Morgan fingerprint density at radius 3 is 2.20 bits per heavy atom. The van der Waals surface area contributed by atoms with Crippen LogP contribution >= 0.6 is 0 Å². The number of hydrogen-bond donors (Lipinski definition) is 1. The Kier molecular flexibility index (Phi) is 3.59. The lowest BCUT2D eigenvalue weighted by Gasteiger charge is -2.24. The molecule has 104 valence electrons. The smallest absolute Gasteiger partial charge is 0.336 e. The lowest BCUT2D eigenvalue weighted by Crippen LogP contribution is -2.24. The van der Waals surface area contributed by atoms with Crippen molar-refractivity contribution >= 4 is 22.4 Å². The Morgan fingerprint density at radius 1 is 0.900 bits per heavy atom. The molecule has 1 fully saturated rings. The van der Waals surface area contributed by atoms with Crippen LogP contribution < -0.4 is 4.90 Å². The van der Waals surface area contributed by atoms with Crippen LogP contribution in [0.15, 0.2) is 36.4 Å². The number of anilines is 1. The van der Waals surface area contributed by atoms with Crippen molar-refractivity contribution in [2.75, 3.05) is 18.0 Å². The summed E-state index contributed by atoms with van der Waals surface area (Å²) >= 11 is 0. The number of hydrogen-bond acceptors (Lipinski definition) is 2. The summed E-state index contributed by atoms with van der Waals surface area (Å²) in [6, 6.07) is 11.5. The molecule has 2 aromatic carbocycles. The highest BCUT2D eigenvalue weighted by Gasteiger charge is 2.16. The number of carboxylic acids is 1. The topological polar surface area (TPSA) is 40.5 Å². The molecule has 2 aromatic rings. The summed E-state index contributed by atoms with van der Waals surface area (Å²) in [5.74, 6) is -0.858. The molecule has 1 saturated heterocycles. The van der Waals surface area contributed by atoms with Crippen LogP contribution in [0.1, 0.15) is 36.0 Å². The van der Waals surface area contributed by atoms with Crippen LogP contribution in [-0.2, 0) is 0 Å². The Hall–Kier alpha value is -2.03. The molecule has 0 atom stereocenters. The summed E-state index contributed by atoms with van der Waals surface area (Å²) in [6.45, 7) is 2.13. The van der Waals surface area contributed by atoms with Gasteiger partial charge in [-0.15, -0.1) is 0 Å². The molecule has 1 heterocycles. The number of carboxylic acid groups (broad SMARTS) is 1. The van der Waals surface area contributed by atoms with Crippen molar-refractivity contribution in [3.05, 3.63) is 42.0 Å². The van der Waals surface area contributed by atoms with E-state index in [0.29, 0.717) is 5.56 Å². The zero-order valence-corrected chi connectivity index (χ0v) is 11.5. The van der Waals surface area contributed by atoms with Gasteiger partial charge in [0.1, 0.15) is 0 Å². The van der Waals surface area contributed by atoms with E-state index < -0.39 is 5.97 Å². The first-order chi connectivity index (χ1) is 9.77. The molecule has 1 aliphatic rings. The van der Waals surface area contributed by atoms with Gasteiger partial charge in [-0.2, -0.15) is 0 Å². The van der Waals surface area contributed by atoms with E-state index in [1.54, 1.807) is 6.07 Å². The zero-order valence-electron chi connectivity index (χ0n) is 11.5. The number of aromatic carboxylic acids is 1. The number of benzene rings is 2. The Morgan fingerprint density at radius 2 is 1.55 bits per heavy atom. The first kappa shape index (κ1) is 13.0. The molecule has 0 bridgehead atoms. The lowest BCUT2D eigenvalue weighted by molar-refractivity contribution is 0.0699. The molecular formula is C17H19NO2. The predicted octanol–water partition coefficient (Wildman–Crippen LogP) is 3.92. The minimum Gasteiger partial charge on any atom is -0.478 e. The van der Waals surface area contributed by atoms with Crippen LogP contribution in [0.4, 0.5) is 5.69 Å². The van der Waals surface area contributed by atoms with Crippen LogP contribution in [0.5, 0.6) is 0 Å². The third kappa shape index (κ3) is 2.36. The van der Waals surface area contributed by atoms with Gasteiger partial charge in [-0.25, -0.2) is 4.79 Å². The third-order valence-corrected chi connectivity index (χ3v) is 4.08. The number of nitrogens with zero attached hydrogens (tertiary/aromatic N) is 1. The molecule has 3 rings (SSSR count). The summed E-state index contributed by atoms with van der Waals surface area (Å²) in [4.78, 5) is 13.7. The summed E-state index contributed by atoms with van der Waals surface area (Å²) < 4.78 is 0. The number of carbonyl (C=O) groups is 1. The maximum atomic E-state index is 11.3. The molecule has 3 nitrogen and oxygen atoms in total. The summed E-state index contributed by atoms with van der Waals surface area (Å²) in [7, 11) is 0. The quantitative estimate of drug-likeness (QED) is 0.898. The van der Waals surface area contributed by atoms with Crippen molar-refractivity contribution in [2.24, 2.45) is 0 Å². The highest BCUT2D eigenvalue weighted by molar-refractivity contribution is 6.07. The largest absolute Gasteiger partial charge is 0.478 e.